The summed E-state index contributed by atoms with van der Waals surface area (Å²) in [6.45, 7) is -0.343. The first-order valence-electron chi connectivity index (χ1n) is 9.17. The Morgan fingerprint density at radius 3 is 2.47 bits per heavy atom. The van der Waals surface area contributed by atoms with Gasteiger partial charge < -0.3 is 5.32 Å². The summed E-state index contributed by atoms with van der Waals surface area (Å²) < 4.78 is 0. The molecule has 8 heteroatoms. The molecular formula is C22H17N3O3S2. The van der Waals surface area contributed by atoms with E-state index in [1.54, 1.807) is 12.3 Å². The molecule has 0 spiro atoms. The maximum atomic E-state index is 12.5. The molecule has 1 aliphatic rings. The van der Waals surface area contributed by atoms with Crippen LogP contribution >= 0.6 is 23.1 Å². The van der Waals surface area contributed by atoms with Crippen molar-refractivity contribution >= 4 is 51.4 Å². The van der Waals surface area contributed by atoms with Gasteiger partial charge in [0.05, 0.1) is 4.91 Å². The van der Waals surface area contributed by atoms with Crippen LogP contribution in [0.4, 0.5) is 9.93 Å². The normalized spacial score (nSPS) is 15.1. The molecule has 0 radical (unpaired) electrons. The molecule has 3 amide bonds. The number of benzene rings is 2. The molecule has 1 fully saturated rings. The summed E-state index contributed by atoms with van der Waals surface area (Å²) >= 11 is 2.21. The first-order chi connectivity index (χ1) is 14.6. The fraction of sp³-hybridized carbons (Fsp3) is 0.0909. The van der Waals surface area contributed by atoms with E-state index < -0.39 is 17.1 Å². The summed E-state index contributed by atoms with van der Waals surface area (Å²) in [6, 6.07) is 19.2. The third-order valence-corrected chi connectivity index (χ3v) is 6.11. The molecule has 150 valence electrons. The number of anilines is 1. The molecule has 30 heavy (non-hydrogen) atoms. The molecule has 0 atom stereocenters. The summed E-state index contributed by atoms with van der Waals surface area (Å²) in [7, 11) is 0. The van der Waals surface area contributed by atoms with E-state index in [-0.39, 0.29) is 6.54 Å². The second-order valence-electron chi connectivity index (χ2n) is 6.52. The van der Waals surface area contributed by atoms with Crippen LogP contribution in [0, 0.1) is 0 Å². The Balaban J connectivity index is 1.37. The number of hydrogen-bond acceptors (Lipinski definition) is 6. The van der Waals surface area contributed by atoms with Gasteiger partial charge in [-0.25, -0.2) is 4.98 Å². The largest absolute Gasteiger partial charge is 0.300 e. The van der Waals surface area contributed by atoms with Crippen LogP contribution in [-0.4, -0.2) is 33.5 Å². The van der Waals surface area contributed by atoms with Gasteiger partial charge in [0.2, 0.25) is 5.91 Å². The molecule has 0 aliphatic carbocycles. The number of imide groups is 1. The van der Waals surface area contributed by atoms with Crippen molar-refractivity contribution in [3.05, 3.63) is 87.8 Å². The van der Waals surface area contributed by atoms with E-state index in [9.17, 15) is 14.4 Å². The summed E-state index contributed by atoms with van der Waals surface area (Å²) in [4.78, 5) is 43.6. The van der Waals surface area contributed by atoms with Crippen LogP contribution in [0.1, 0.15) is 16.0 Å². The number of nitrogens with zero attached hydrogens (tertiary/aromatic N) is 2. The van der Waals surface area contributed by atoms with Gasteiger partial charge >= 0.3 is 0 Å². The Hall–Kier alpha value is -3.23. The minimum Gasteiger partial charge on any atom is -0.300 e. The lowest BCUT2D eigenvalue weighted by Gasteiger charge is -2.11. The van der Waals surface area contributed by atoms with Crippen LogP contribution in [0.3, 0.4) is 0 Å². The molecule has 1 aliphatic heterocycles. The number of aromatic nitrogens is 1. The van der Waals surface area contributed by atoms with Gasteiger partial charge in [0.1, 0.15) is 6.54 Å². The molecule has 4 rings (SSSR count). The average molecular weight is 436 g/mol. The van der Waals surface area contributed by atoms with E-state index in [1.807, 2.05) is 60.7 Å². The maximum Gasteiger partial charge on any atom is 0.294 e. The van der Waals surface area contributed by atoms with Crippen molar-refractivity contribution < 1.29 is 14.4 Å². The van der Waals surface area contributed by atoms with Crippen molar-refractivity contribution in [3.63, 3.8) is 0 Å². The van der Waals surface area contributed by atoms with Gasteiger partial charge in [-0.2, -0.15) is 0 Å². The van der Waals surface area contributed by atoms with Crippen molar-refractivity contribution in [2.75, 3.05) is 11.9 Å². The highest BCUT2D eigenvalue weighted by Crippen LogP contribution is 2.32. The second kappa shape index (κ2) is 9.06. The molecule has 1 aromatic heterocycles. The van der Waals surface area contributed by atoms with E-state index in [0.29, 0.717) is 10.0 Å². The molecule has 1 N–H and O–H groups in total. The Bertz CT molecular complexity index is 1110. The Kier molecular flexibility index (Phi) is 6.06. The third kappa shape index (κ3) is 4.84. The topological polar surface area (TPSA) is 79.4 Å². The SMILES string of the molecule is O=C(CN1C(=O)S/C(=C\c2ccccc2)C1=O)Nc1ncc(Cc2ccccc2)s1. The zero-order valence-electron chi connectivity index (χ0n) is 15.8. The van der Waals surface area contributed by atoms with E-state index >= 15 is 0 Å². The van der Waals surface area contributed by atoms with Gasteiger partial charge in [0, 0.05) is 17.5 Å². The average Bonchev–Trinajstić information content (AvgIpc) is 3.28. The van der Waals surface area contributed by atoms with E-state index in [0.717, 1.165) is 39.1 Å². The zero-order valence-corrected chi connectivity index (χ0v) is 17.4. The van der Waals surface area contributed by atoms with Gasteiger partial charge in [0.25, 0.3) is 11.1 Å². The Morgan fingerprint density at radius 1 is 1.03 bits per heavy atom. The van der Waals surface area contributed by atoms with E-state index in [4.69, 9.17) is 0 Å². The Labute approximate surface area is 181 Å². The molecule has 1 saturated heterocycles. The second-order valence-corrected chi connectivity index (χ2v) is 8.63. The van der Waals surface area contributed by atoms with Crippen LogP contribution in [0.25, 0.3) is 6.08 Å². The lowest BCUT2D eigenvalue weighted by atomic mass is 10.1. The van der Waals surface area contributed by atoms with Crippen molar-refractivity contribution in [3.8, 4) is 0 Å². The Morgan fingerprint density at radius 2 is 1.73 bits per heavy atom. The molecule has 2 heterocycles. The number of carbonyl (C=O) groups is 3. The highest BCUT2D eigenvalue weighted by atomic mass is 32.2. The number of amides is 3. The van der Waals surface area contributed by atoms with Crippen LogP contribution in [-0.2, 0) is 16.0 Å². The van der Waals surface area contributed by atoms with Crippen molar-refractivity contribution in [1.29, 1.82) is 0 Å². The van der Waals surface area contributed by atoms with Gasteiger partial charge in [-0.15, -0.1) is 11.3 Å². The third-order valence-electron chi connectivity index (χ3n) is 4.29. The van der Waals surface area contributed by atoms with Crippen molar-refractivity contribution in [2.24, 2.45) is 0 Å². The summed E-state index contributed by atoms with van der Waals surface area (Å²) in [5, 5.41) is 2.66. The van der Waals surface area contributed by atoms with E-state index in [2.05, 4.69) is 10.3 Å². The van der Waals surface area contributed by atoms with Gasteiger partial charge in [0.15, 0.2) is 5.13 Å². The van der Waals surface area contributed by atoms with Crippen LogP contribution < -0.4 is 5.32 Å². The number of hydrogen-bond donors (Lipinski definition) is 1. The van der Waals surface area contributed by atoms with Gasteiger partial charge in [-0.1, -0.05) is 60.7 Å². The molecule has 0 saturated carbocycles. The minimum absolute atomic E-state index is 0.304. The number of carbonyl (C=O) groups excluding carboxylic acids is 3. The van der Waals surface area contributed by atoms with E-state index in [1.165, 1.54) is 11.3 Å². The lowest BCUT2D eigenvalue weighted by molar-refractivity contribution is -0.127. The zero-order chi connectivity index (χ0) is 20.9. The molecule has 3 aromatic rings. The van der Waals surface area contributed by atoms with Crippen molar-refractivity contribution in [2.45, 2.75) is 6.42 Å². The number of rotatable bonds is 6. The van der Waals surface area contributed by atoms with Crippen LogP contribution in [0.2, 0.25) is 0 Å². The quantitative estimate of drug-likeness (QED) is 0.580. The van der Waals surface area contributed by atoms with Gasteiger partial charge in [-0.05, 0) is 29.0 Å². The monoisotopic (exact) mass is 435 g/mol. The van der Waals surface area contributed by atoms with Crippen LogP contribution in [0.15, 0.2) is 71.8 Å². The predicted octanol–water partition coefficient (Wildman–Crippen LogP) is 4.41. The summed E-state index contributed by atoms with van der Waals surface area (Å²) in [5.41, 5.74) is 1.98. The first kappa shape index (κ1) is 20.1. The number of thioether (sulfide) groups is 1. The maximum absolute atomic E-state index is 12.5. The molecule has 6 nitrogen and oxygen atoms in total. The molecule has 0 bridgehead atoms. The number of thiazole rings is 1. The van der Waals surface area contributed by atoms with Crippen molar-refractivity contribution in [1.82, 2.24) is 9.88 Å². The highest BCUT2D eigenvalue weighted by Gasteiger charge is 2.36. The lowest BCUT2D eigenvalue weighted by Crippen LogP contribution is -2.36. The molecule has 2 aromatic carbocycles. The summed E-state index contributed by atoms with van der Waals surface area (Å²) in [5.74, 6) is -0.924. The standard InChI is InChI=1S/C22H17N3O3S2/c26-19(24-21-23-13-17(29-21)11-15-7-3-1-4-8-15)14-25-20(27)18(30-22(25)28)12-16-9-5-2-6-10-16/h1-10,12-13H,11,14H2,(H,23,24,26)/b18-12-. The smallest absolute Gasteiger partial charge is 0.294 e. The molecule has 0 unspecified atom stereocenters. The van der Waals surface area contributed by atoms with Crippen LogP contribution in [0.5, 0.6) is 0 Å². The summed E-state index contributed by atoms with van der Waals surface area (Å²) in [6.07, 6.45) is 4.09. The number of nitrogens with one attached hydrogen (secondary N) is 1. The minimum atomic E-state index is -0.465. The molecular weight excluding hydrogens is 418 g/mol. The highest BCUT2D eigenvalue weighted by molar-refractivity contribution is 8.18. The predicted molar refractivity (Wildman–Crippen MR) is 119 cm³/mol. The van der Waals surface area contributed by atoms with Gasteiger partial charge in [-0.3, -0.25) is 19.3 Å². The fourth-order valence-electron chi connectivity index (χ4n) is 2.88. The first-order valence-corrected chi connectivity index (χ1v) is 10.8. The fourth-order valence-corrected chi connectivity index (χ4v) is 4.58.